The molecule has 2 fully saturated rings. The van der Waals surface area contributed by atoms with Crippen LogP contribution in [0.15, 0.2) is 30.3 Å². The van der Waals surface area contributed by atoms with Crippen LogP contribution in [0.2, 0.25) is 0 Å². The van der Waals surface area contributed by atoms with Crippen LogP contribution >= 0.6 is 0 Å². The Morgan fingerprint density at radius 3 is 2.73 bits per heavy atom. The smallest absolute Gasteiger partial charge is 0.183 e. The highest BCUT2D eigenvalue weighted by molar-refractivity contribution is 5.27. The Hall–Kier alpha value is -1.93. The number of aliphatic hydroxyl groups excluding tert-OH is 1. The van der Waals surface area contributed by atoms with Gasteiger partial charge in [-0.2, -0.15) is 5.10 Å². The monoisotopic (exact) mass is 359 g/mol. The van der Waals surface area contributed by atoms with Crippen molar-refractivity contribution in [3.05, 3.63) is 47.3 Å². The van der Waals surface area contributed by atoms with Gasteiger partial charge in [0.2, 0.25) is 0 Å². The molecule has 140 valence electrons. The molecule has 26 heavy (non-hydrogen) atoms. The molecule has 0 radical (unpaired) electrons. The minimum atomic E-state index is -0.655. The third-order valence-electron chi connectivity index (χ3n) is 5.16. The number of aromatic nitrogens is 2. The van der Waals surface area contributed by atoms with Crippen LogP contribution in [0, 0.1) is 13.8 Å². The summed E-state index contributed by atoms with van der Waals surface area (Å²) in [6, 6.07) is 9.27. The third kappa shape index (κ3) is 3.12. The summed E-state index contributed by atoms with van der Waals surface area (Å²) in [5.74, 6) is 0.825. The zero-order chi connectivity index (χ0) is 18.3. The number of hydrogen-bond acceptors (Lipinski definition) is 6. The number of rotatable bonds is 5. The van der Waals surface area contributed by atoms with E-state index in [4.69, 9.17) is 14.2 Å². The second kappa shape index (κ2) is 7.00. The summed E-state index contributed by atoms with van der Waals surface area (Å²) in [4.78, 5) is 0. The zero-order valence-electron chi connectivity index (χ0n) is 15.3. The molecule has 2 aliphatic rings. The van der Waals surface area contributed by atoms with Crippen molar-refractivity contribution in [2.45, 2.75) is 51.0 Å². The Morgan fingerprint density at radius 1 is 1.31 bits per heavy atom. The standard InChI is InChI=1S/C19H25N3O4/c1-11-8-12(2)22(21-11)17-18(23)16(15-10-25-19(17)26-15)20-9-13-4-6-14(24-3)7-5-13/h4-8,15-20,23H,9-10H2,1-3H3/t15-,16-,17-,18+,19-/m1/s1. The Balaban J connectivity index is 1.51. The van der Waals surface area contributed by atoms with Crippen LogP contribution in [-0.4, -0.2) is 53.1 Å². The van der Waals surface area contributed by atoms with Gasteiger partial charge < -0.3 is 24.6 Å². The molecule has 0 amide bonds. The molecule has 0 aliphatic carbocycles. The van der Waals surface area contributed by atoms with E-state index in [1.54, 1.807) is 7.11 Å². The molecule has 3 heterocycles. The number of benzene rings is 1. The Morgan fingerprint density at radius 2 is 2.08 bits per heavy atom. The Bertz CT molecular complexity index is 761. The van der Waals surface area contributed by atoms with Gasteiger partial charge in [-0.1, -0.05) is 12.1 Å². The normalized spacial score (nSPS) is 30.5. The molecule has 2 bridgehead atoms. The van der Waals surface area contributed by atoms with E-state index in [1.807, 2.05) is 48.9 Å². The summed E-state index contributed by atoms with van der Waals surface area (Å²) >= 11 is 0. The van der Waals surface area contributed by atoms with E-state index in [0.717, 1.165) is 22.7 Å². The number of fused-ring (bicyclic) bond motifs is 2. The van der Waals surface area contributed by atoms with Gasteiger partial charge in [0.25, 0.3) is 0 Å². The molecule has 1 aromatic heterocycles. The van der Waals surface area contributed by atoms with Crippen LogP contribution in [0.25, 0.3) is 0 Å². The predicted octanol–water partition coefficient (Wildman–Crippen LogP) is 1.32. The lowest BCUT2D eigenvalue weighted by Crippen LogP contribution is -2.57. The fourth-order valence-electron chi connectivity index (χ4n) is 3.84. The minimum Gasteiger partial charge on any atom is -0.497 e. The van der Waals surface area contributed by atoms with Crippen molar-refractivity contribution >= 4 is 0 Å². The number of nitrogens with one attached hydrogen (secondary N) is 1. The highest BCUT2D eigenvalue weighted by Crippen LogP contribution is 2.36. The fourth-order valence-corrected chi connectivity index (χ4v) is 3.84. The first-order chi connectivity index (χ1) is 12.6. The van der Waals surface area contributed by atoms with Crippen molar-refractivity contribution in [2.75, 3.05) is 13.7 Å². The predicted molar refractivity (Wildman–Crippen MR) is 95.0 cm³/mol. The SMILES string of the molecule is COc1ccc(CN[C@H]2[C@H](O)[C@@H](n3nc(C)cc3C)[C@@H]3OC[C@H]2O3)cc1. The first-order valence-corrected chi connectivity index (χ1v) is 8.91. The van der Waals surface area contributed by atoms with Crippen LogP contribution in [0.5, 0.6) is 5.75 Å². The van der Waals surface area contributed by atoms with Crippen LogP contribution < -0.4 is 10.1 Å². The van der Waals surface area contributed by atoms with E-state index >= 15 is 0 Å². The maximum absolute atomic E-state index is 11.1. The lowest BCUT2D eigenvalue weighted by Gasteiger charge is -2.39. The summed E-state index contributed by atoms with van der Waals surface area (Å²) in [5, 5.41) is 19.0. The molecular weight excluding hydrogens is 334 g/mol. The zero-order valence-corrected chi connectivity index (χ0v) is 15.3. The average molecular weight is 359 g/mol. The molecule has 5 atom stereocenters. The number of aliphatic hydroxyl groups is 1. The van der Waals surface area contributed by atoms with Gasteiger partial charge in [-0.05, 0) is 37.6 Å². The lowest BCUT2D eigenvalue weighted by atomic mass is 9.95. The number of ether oxygens (including phenoxy) is 3. The van der Waals surface area contributed by atoms with Crippen LogP contribution in [0.1, 0.15) is 23.0 Å². The van der Waals surface area contributed by atoms with E-state index in [2.05, 4.69) is 10.4 Å². The molecule has 2 N–H and O–H groups in total. The first-order valence-electron chi connectivity index (χ1n) is 8.91. The summed E-state index contributed by atoms with van der Waals surface area (Å²) in [6.45, 7) is 5.02. The van der Waals surface area contributed by atoms with Gasteiger partial charge in [-0.15, -0.1) is 0 Å². The molecule has 2 aliphatic heterocycles. The van der Waals surface area contributed by atoms with Gasteiger partial charge in [0, 0.05) is 12.2 Å². The van der Waals surface area contributed by atoms with Crippen molar-refractivity contribution < 1.29 is 19.3 Å². The summed E-state index contributed by atoms with van der Waals surface area (Å²) in [7, 11) is 1.65. The molecule has 7 heteroatoms. The van der Waals surface area contributed by atoms with Crippen molar-refractivity contribution in [3.63, 3.8) is 0 Å². The second-order valence-electron chi connectivity index (χ2n) is 6.98. The minimum absolute atomic E-state index is 0.165. The molecule has 0 spiro atoms. The van der Waals surface area contributed by atoms with Gasteiger partial charge in [0.15, 0.2) is 6.29 Å². The molecule has 0 unspecified atom stereocenters. The van der Waals surface area contributed by atoms with Gasteiger partial charge in [0.05, 0.1) is 31.6 Å². The maximum atomic E-state index is 11.1. The van der Waals surface area contributed by atoms with Crippen LogP contribution in [0.3, 0.4) is 0 Å². The molecular formula is C19H25N3O4. The molecule has 2 saturated heterocycles. The van der Waals surface area contributed by atoms with E-state index in [-0.39, 0.29) is 18.2 Å². The van der Waals surface area contributed by atoms with E-state index < -0.39 is 12.4 Å². The summed E-state index contributed by atoms with van der Waals surface area (Å²) in [6.07, 6.45) is -1.29. The third-order valence-corrected chi connectivity index (χ3v) is 5.16. The lowest BCUT2D eigenvalue weighted by molar-refractivity contribution is -0.168. The Labute approximate surface area is 152 Å². The number of nitrogens with zero attached hydrogens (tertiary/aromatic N) is 2. The largest absolute Gasteiger partial charge is 0.497 e. The van der Waals surface area contributed by atoms with Gasteiger partial charge in [-0.3, -0.25) is 4.68 Å². The maximum Gasteiger partial charge on any atom is 0.183 e. The van der Waals surface area contributed by atoms with Gasteiger partial charge >= 0.3 is 0 Å². The highest BCUT2D eigenvalue weighted by Gasteiger charge is 2.51. The fraction of sp³-hybridized carbons (Fsp3) is 0.526. The topological polar surface area (TPSA) is 77.8 Å². The molecule has 4 rings (SSSR count). The van der Waals surface area contributed by atoms with E-state index in [9.17, 15) is 5.11 Å². The summed E-state index contributed by atoms with van der Waals surface area (Å²) < 4.78 is 18.8. The van der Waals surface area contributed by atoms with E-state index in [1.165, 1.54) is 0 Å². The highest BCUT2D eigenvalue weighted by atomic mass is 16.7. The van der Waals surface area contributed by atoms with E-state index in [0.29, 0.717) is 13.2 Å². The quantitative estimate of drug-likeness (QED) is 0.839. The van der Waals surface area contributed by atoms with Crippen molar-refractivity contribution in [1.29, 1.82) is 0 Å². The summed E-state index contributed by atoms with van der Waals surface area (Å²) in [5.41, 5.74) is 3.01. The van der Waals surface area contributed by atoms with Crippen molar-refractivity contribution in [2.24, 2.45) is 0 Å². The molecule has 7 nitrogen and oxygen atoms in total. The molecule has 2 aromatic rings. The van der Waals surface area contributed by atoms with Crippen molar-refractivity contribution in [3.8, 4) is 5.75 Å². The number of aryl methyl sites for hydroxylation is 2. The van der Waals surface area contributed by atoms with Crippen LogP contribution in [-0.2, 0) is 16.0 Å². The Kier molecular flexibility index (Phi) is 4.71. The van der Waals surface area contributed by atoms with Gasteiger partial charge in [0.1, 0.15) is 17.9 Å². The second-order valence-corrected chi connectivity index (χ2v) is 6.98. The molecule has 1 aromatic carbocycles. The van der Waals surface area contributed by atoms with Crippen LogP contribution in [0.4, 0.5) is 0 Å². The average Bonchev–Trinajstić information content (AvgIpc) is 3.20. The number of methoxy groups -OCH3 is 1. The first kappa shape index (κ1) is 17.5. The van der Waals surface area contributed by atoms with Crippen molar-refractivity contribution in [1.82, 2.24) is 15.1 Å². The number of hydrogen-bond donors (Lipinski definition) is 2. The van der Waals surface area contributed by atoms with Gasteiger partial charge in [-0.25, -0.2) is 0 Å². The molecule has 0 saturated carbocycles.